The van der Waals surface area contributed by atoms with Crippen molar-refractivity contribution in [3.05, 3.63) is 59.3 Å². The van der Waals surface area contributed by atoms with Crippen molar-refractivity contribution >= 4 is 0 Å². The maximum atomic E-state index is 3.16. The molecule has 1 heteroatoms. The first-order valence-electron chi connectivity index (χ1n) is 5.49. The Balaban J connectivity index is 1.90. The number of hydrogen-bond donors (Lipinski definition) is 1. The molecule has 0 saturated heterocycles. The van der Waals surface area contributed by atoms with Gasteiger partial charge in [-0.25, -0.2) is 0 Å². The van der Waals surface area contributed by atoms with Crippen molar-refractivity contribution in [2.75, 3.05) is 6.54 Å². The molecule has 1 aromatic carbocycles. The normalized spacial score (nSPS) is 14.6. The highest BCUT2D eigenvalue weighted by atomic mass is 14.8. The quantitative estimate of drug-likeness (QED) is 0.789. The van der Waals surface area contributed by atoms with Gasteiger partial charge in [-0.15, -0.1) is 0 Å². The van der Waals surface area contributed by atoms with Crippen molar-refractivity contribution in [3.8, 4) is 0 Å². The molecule has 1 aliphatic heterocycles. The molecule has 78 valence electrons. The summed E-state index contributed by atoms with van der Waals surface area (Å²) in [5.41, 5.74) is 4.20. The Morgan fingerprint density at radius 1 is 1.13 bits per heavy atom. The van der Waals surface area contributed by atoms with Gasteiger partial charge >= 0.3 is 0 Å². The van der Waals surface area contributed by atoms with Gasteiger partial charge < -0.3 is 5.32 Å². The Morgan fingerprint density at radius 3 is 2.60 bits per heavy atom. The van der Waals surface area contributed by atoms with Crippen LogP contribution in [0, 0.1) is 6.92 Å². The van der Waals surface area contributed by atoms with Gasteiger partial charge in [0.15, 0.2) is 0 Å². The van der Waals surface area contributed by atoms with Crippen LogP contribution in [0.1, 0.15) is 17.5 Å². The number of aryl methyl sites for hydroxylation is 2. The molecule has 0 amide bonds. The van der Waals surface area contributed by atoms with Crippen LogP contribution in [-0.4, -0.2) is 6.54 Å². The molecule has 2 rings (SSSR count). The highest BCUT2D eigenvalue weighted by molar-refractivity contribution is 5.26. The minimum atomic E-state index is 0.972. The maximum Gasteiger partial charge on any atom is 0.0331 e. The van der Waals surface area contributed by atoms with Crippen molar-refractivity contribution in [1.82, 2.24) is 5.32 Å². The molecule has 0 saturated carbocycles. The molecule has 1 aliphatic rings. The largest absolute Gasteiger partial charge is 0.387 e. The van der Waals surface area contributed by atoms with Gasteiger partial charge in [0, 0.05) is 6.54 Å². The Bertz CT molecular complexity index is 371. The summed E-state index contributed by atoms with van der Waals surface area (Å²) in [6.45, 7) is 3.10. The number of rotatable bonds is 3. The van der Waals surface area contributed by atoms with E-state index in [1.807, 2.05) is 6.20 Å². The highest BCUT2D eigenvalue weighted by Crippen LogP contribution is 2.12. The lowest BCUT2D eigenvalue weighted by atomic mass is 10.0. The third-order valence-corrected chi connectivity index (χ3v) is 2.72. The predicted octanol–water partition coefficient (Wildman–Crippen LogP) is 2.97. The SMILES string of the molecule is Cc1ccc(CCC2=CCNC=C2)cc1. The van der Waals surface area contributed by atoms with Gasteiger partial charge in [0.1, 0.15) is 0 Å². The van der Waals surface area contributed by atoms with Gasteiger partial charge in [0.05, 0.1) is 0 Å². The lowest BCUT2D eigenvalue weighted by Gasteiger charge is -2.08. The molecule has 1 nitrogen and oxygen atoms in total. The van der Waals surface area contributed by atoms with Gasteiger partial charge in [-0.1, -0.05) is 35.9 Å². The van der Waals surface area contributed by atoms with Crippen LogP contribution in [0.4, 0.5) is 0 Å². The fourth-order valence-electron chi connectivity index (χ4n) is 1.72. The molecular weight excluding hydrogens is 182 g/mol. The van der Waals surface area contributed by atoms with Crippen molar-refractivity contribution in [1.29, 1.82) is 0 Å². The average Bonchev–Trinajstić information content (AvgIpc) is 2.30. The van der Waals surface area contributed by atoms with Gasteiger partial charge in [-0.3, -0.25) is 0 Å². The molecule has 0 aliphatic carbocycles. The molecule has 0 fully saturated rings. The first-order valence-corrected chi connectivity index (χ1v) is 5.49. The second kappa shape index (κ2) is 4.83. The third-order valence-electron chi connectivity index (χ3n) is 2.72. The molecule has 0 bridgehead atoms. The van der Waals surface area contributed by atoms with E-state index in [1.165, 1.54) is 16.7 Å². The minimum absolute atomic E-state index is 0.972. The van der Waals surface area contributed by atoms with Gasteiger partial charge in [-0.05, 0) is 43.2 Å². The second-order valence-electron chi connectivity index (χ2n) is 4.01. The lowest BCUT2D eigenvalue weighted by Crippen LogP contribution is -2.08. The molecule has 0 spiro atoms. The monoisotopic (exact) mass is 199 g/mol. The van der Waals surface area contributed by atoms with E-state index in [2.05, 4.69) is 48.7 Å². The molecule has 0 atom stereocenters. The zero-order valence-corrected chi connectivity index (χ0v) is 9.16. The van der Waals surface area contributed by atoms with Crippen molar-refractivity contribution < 1.29 is 0 Å². The van der Waals surface area contributed by atoms with Gasteiger partial charge in [0.25, 0.3) is 0 Å². The van der Waals surface area contributed by atoms with Crippen LogP contribution in [0.25, 0.3) is 0 Å². The van der Waals surface area contributed by atoms with Gasteiger partial charge in [-0.2, -0.15) is 0 Å². The third kappa shape index (κ3) is 2.98. The Labute approximate surface area is 91.5 Å². The number of benzene rings is 1. The van der Waals surface area contributed by atoms with Crippen LogP contribution >= 0.6 is 0 Å². The smallest absolute Gasteiger partial charge is 0.0331 e. The van der Waals surface area contributed by atoms with Gasteiger partial charge in [0.2, 0.25) is 0 Å². The van der Waals surface area contributed by atoms with Crippen molar-refractivity contribution in [2.45, 2.75) is 19.8 Å². The molecule has 0 aromatic heterocycles. The summed E-state index contributed by atoms with van der Waals surface area (Å²) in [7, 11) is 0. The highest BCUT2D eigenvalue weighted by Gasteiger charge is 1.98. The fraction of sp³-hybridized carbons (Fsp3) is 0.286. The zero-order valence-electron chi connectivity index (χ0n) is 9.16. The number of allylic oxidation sites excluding steroid dienone is 2. The minimum Gasteiger partial charge on any atom is -0.387 e. The number of dihydropyridines is 1. The summed E-state index contributed by atoms with van der Waals surface area (Å²) in [6, 6.07) is 8.81. The molecule has 1 aromatic rings. The summed E-state index contributed by atoms with van der Waals surface area (Å²) in [4.78, 5) is 0. The Morgan fingerprint density at radius 2 is 1.93 bits per heavy atom. The van der Waals surface area contributed by atoms with E-state index in [-0.39, 0.29) is 0 Å². The van der Waals surface area contributed by atoms with E-state index in [0.717, 1.165) is 19.4 Å². The summed E-state index contributed by atoms with van der Waals surface area (Å²) in [6.07, 6.45) is 8.73. The lowest BCUT2D eigenvalue weighted by molar-refractivity contribution is 0.900. The fourth-order valence-corrected chi connectivity index (χ4v) is 1.72. The average molecular weight is 199 g/mol. The molecule has 15 heavy (non-hydrogen) atoms. The van der Waals surface area contributed by atoms with Crippen LogP contribution in [0.2, 0.25) is 0 Å². The van der Waals surface area contributed by atoms with E-state index < -0.39 is 0 Å². The van der Waals surface area contributed by atoms with E-state index in [1.54, 1.807) is 0 Å². The Hall–Kier alpha value is -1.50. The molecular formula is C14H17N. The second-order valence-corrected chi connectivity index (χ2v) is 4.01. The van der Waals surface area contributed by atoms with Crippen LogP contribution in [0.15, 0.2) is 48.2 Å². The maximum absolute atomic E-state index is 3.16. The first-order chi connectivity index (χ1) is 7.34. The standard InChI is InChI=1S/C14H17N/c1-12-2-4-13(5-3-12)6-7-14-8-10-15-11-9-14/h2-5,8-10,15H,6-7,11H2,1H3. The summed E-state index contributed by atoms with van der Waals surface area (Å²) in [5, 5.41) is 3.16. The summed E-state index contributed by atoms with van der Waals surface area (Å²) in [5.74, 6) is 0. The van der Waals surface area contributed by atoms with Crippen LogP contribution < -0.4 is 5.32 Å². The molecule has 1 N–H and O–H groups in total. The first kappa shape index (κ1) is 10.0. The molecule has 0 radical (unpaired) electrons. The van der Waals surface area contributed by atoms with Crippen LogP contribution in [0.5, 0.6) is 0 Å². The molecule has 0 unspecified atom stereocenters. The van der Waals surface area contributed by atoms with Crippen LogP contribution in [0.3, 0.4) is 0 Å². The molecule has 1 heterocycles. The van der Waals surface area contributed by atoms with Crippen molar-refractivity contribution in [2.24, 2.45) is 0 Å². The van der Waals surface area contributed by atoms with E-state index in [4.69, 9.17) is 0 Å². The zero-order chi connectivity index (χ0) is 10.5. The number of nitrogens with one attached hydrogen (secondary N) is 1. The van der Waals surface area contributed by atoms with E-state index in [0.29, 0.717) is 0 Å². The predicted molar refractivity (Wildman–Crippen MR) is 64.7 cm³/mol. The Kier molecular flexibility index (Phi) is 3.23. The van der Waals surface area contributed by atoms with E-state index in [9.17, 15) is 0 Å². The number of hydrogen-bond acceptors (Lipinski definition) is 1. The summed E-state index contributed by atoms with van der Waals surface area (Å²) >= 11 is 0. The van der Waals surface area contributed by atoms with E-state index >= 15 is 0 Å². The topological polar surface area (TPSA) is 12.0 Å². The van der Waals surface area contributed by atoms with Crippen molar-refractivity contribution in [3.63, 3.8) is 0 Å². The summed E-state index contributed by atoms with van der Waals surface area (Å²) < 4.78 is 0. The van der Waals surface area contributed by atoms with Crippen LogP contribution in [-0.2, 0) is 6.42 Å².